The maximum absolute atomic E-state index is 13.5. The van der Waals surface area contributed by atoms with Crippen molar-refractivity contribution in [3.05, 3.63) is 0 Å². The molecule has 23 heteroatoms. The first-order chi connectivity index (χ1) is 26.3. The Morgan fingerprint density at radius 3 is 1.26 bits per heavy atom. The van der Waals surface area contributed by atoms with Crippen LogP contribution in [-0.4, -0.2) is 134 Å². The molecule has 0 unspecified atom stereocenters. The predicted molar refractivity (Wildman–Crippen MR) is 199 cm³/mol. The van der Waals surface area contributed by atoms with Crippen molar-refractivity contribution in [2.24, 2.45) is 29.0 Å². The fraction of sp³-hybridized carbons (Fsp3) is 0.706. The summed E-state index contributed by atoms with van der Waals surface area (Å²) in [5, 5.41) is 52.7. The quantitative estimate of drug-likeness (QED) is 0.0370. The van der Waals surface area contributed by atoms with Gasteiger partial charge < -0.3 is 69.5 Å². The third-order valence-corrected chi connectivity index (χ3v) is 8.15. The van der Waals surface area contributed by atoms with E-state index in [1.54, 1.807) is 27.7 Å². The minimum absolute atomic E-state index is 0.00523. The zero-order valence-electron chi connectivity index (χ0n) is 32.9. The normalized spacial score (nSPS) is 15.9. The number of rotatable bonds is 27. The number of aliphatic carboxylic acids is 2. The lowest BCUT2D eigenvalue weighted by molar-refractivity contribution is -0.145. The Morgan fingerprint density at radius 1 is 0.491 bits per heavy atom. The van der Waals surface area contributed by atoms with Crippen LogP contribution in [0.5, 0.6) is 0 Å². The number of carboxylic acid groups (broad SMARTS) is 2. The zero-order chi connectivity index (χ0) is 44.3. The van der Waals surface area contributed by atoms with Gasteiger partial charge in [0.1, 0.15) is 30.2 Å². The molecule has 0 spiro atoms. The fourth-order valence-corrected chi connectivity index (χ4v) is 5.16. The Morgan fingerprint density at radius 2 is 0.860 bits per heavy atom. The maximum Gasteiger partial charge on any atom is 0.328 e. The van der Waals surface area contributed by atoms with Gasteiger partial charge in [0.15, 0.2) is 6.04 Å². The first-order valence-corrected chi connectivity index (χ1v) is 18.2. The number of nitrogens with one attached hydrogen (secondary N) is 6. The van der Waals surface area contributed by atoms with Gasteiger partial charge in [-0.25, -0.2) is 4.79 Å². The van der Waals surface area contributed by atoms with E-state index in [1.807, 2.05) is 0 Å². The number of hydrogen-bond acceptors (Lipinski definition) is 13. The Bertz CT molecular complexity index is 1460. The molecule has 16 N–H and O–H groups in total. The van der Waals surface area contributed by atoms with Gasteiger partial charge in [-0.05, 0) is 51.4 Å². The number of carboxylic acids is 2. The van der Waals surface area contributed by atoms with E-state index in [2.05, 4.69) is 31.9 Å². The summed E-state index contributed by atoms with van der Waals surface area (Å²) in [5.41, 5.74) is 16.1. The summed E-state index contributed by atoms with van der Waals surface area (Å²) in [4.78, 5) is 125. The van der Waals surface area contributed by atoms with Crippen LogP contribution < -0.4 is 49.1 Å². The first-order valence-electron chi connectivity index (χ1n) is 18.2. The molecule has 0 bridgehead atoms. The first kappa shape index (κ1) is 51.6. The zero-order valence-corrected chi connectivity index (χ0v) is 32.9. The summed E-state index contributed by atoms with van der Waals surface area (Å²) < 4.78 is 0. The van der Waals surface area contributed by atoms with Gasteiger partial charge in [0.25, 0.3) is 0 Å². The number of aliphatic hydroxyl groups is 2. The van der Waals surface area contributed by atoms with Crippen LogP contribution in [0.15, 0.2) is 0 Å². The van der Waals surface area contributed by atoms with Gasteiger partial charge in [-0.3, -0.25) is 43.2 Å². The lowest BCUT2D eigenvalue weighted by Gasteiger charge is -2.29. The predicted octanol–water partition coefficient (Wildman–Crippen LogP) is -4.83. The molecule has 0 heterocycles. The van der Waals surface area contributed by atoms with Crippen molar-refractivity contribution in [2.75, 3.05) is 0 Å². The molecular formula is C34H59N9O14. The number of amides is 8. The van der Waals surface area contributed by atoms with Gasteiger partial charge >= 0.3 is 11.9 Å². The van der Waals surface area contributed by atoms with Crippen molar-refractivity contribution in [1.82, 2.24) is 31.9 Å². The summed E-state index contributed by atoms with van der Waals surface area (Å²) in [7, 11) is 0. The molecule has 9 atom stereocenters. The van der Waals surface area contributed by atoms with E-state index >= 15 is 0 Å². The molecule has 8 amide bonds. The topological polar surface area (TPSA) is 402 Å². The van der Waals surface area contributed by atoms with E-state index in [9.17, 15) is 68.4 Å². The molecular weight excluding hydrogens is 758 g/mol. The van der Waals surface area contributed by atoms with E-state index in [4.69, 9.17) is 17.2 Å². The number of carbonyl (C=O) groups is 10. The second-order valence-corrected chi connectivity index (χ2v) is 14.5. The average Bonchev–Trinajstić information content (AvgIpc) is 3.07. The lowest BCUT2D eigenvalue weighted by Crippen LogP contribution is -2.62. The summed E-state index contributed by atoms with van der Waals surface area (Å²) in [6.07, 6.45) is -5.55. The van der Waals surface area contributed by atoms with Crippen LogP contribution in [-0.2, 0) is 47.9 Å². The van der Waals surface area contributed by atoms with E-state index < -0.39 is 133 Å². The minimum Gasteiger partial charge on any atom is -0.481 e. The van der Waals surface area contributed by atoms with E-state index in [0.29, 0.717) is 0 Å². The second kappa shape index (κ2) is 25.0. The Labute approximate surface area is 329 Å². The summed E-state index contributed by atoms with van der Waals surface area (Å²) in [6, 6.07) is -11.1. The molecule has 0 aliphatic rings. The lowest BCUT2D eigenvalue weighted by atomic mass is 10.0. The monoisotopic (exact) mass is 817 g/mol. The van der Waals surface area contributed by atoms with Gasteiger partial charge in [-0.15, -0.1) is 0 Å². The Kier molecular flexibility index (Phi) is 22.6. The minimum atomic E-state index is -1.87. The number of hydrogen-bond donors (Lipinski definition) is 13. The molecule has 57 heavy (non-hydrogen) atoms. The van der Waals surface area contributed by atoms with E-state index in [1.165, 1.54) is 0 Å². The summed E-state index contributed by atoms with van der Waals surface area (Å²) in [6.45, 7) is 8.94. The average molecular weight is 818 g/mol. The van der Waals surface area contributed by atoms with Gasteiger partial charge in [0.05, 0.1) is 24.7 Å². The third kappa shape index (κ3) is 20.4. The highest BCUT2D eigenvalue weighted by Gasteiger charge is 2.36. The molecule has 0 aliphatic carbocycles. The Hall–Kier alpha value is -5.42. The molecule has 23 nitrogen and oxygen atoms in total. The second-order valence-electron chi connectivity index (χ2n) is 14.5. The summed E-state index contributed by atoms with van der Waals surface area (Å²) >= 11 is 0. The molecule has 0 aromatic carbocycles. The number of primary amides is 2. The van der Waals surface area contributed by atoms with Crippen LogP contribution in [0.2, 0.25) is 0 Å². The van der Waals surface area contributed by atoms with Crippen LogP contribution in [0.1, 0.15) is 86.5 Å². The van der Waals surface area contributed by atoms with Crippen LogP contribution in [0, 0.1) is 11.8 Å². The molecule has 324 valence electrons. The molecule has 0 aliphatic heterocycles. The van der Waals surface area contributed by atoms with Crippen LogP contribution in [0.4, 0.5) is 0 Å². The van der Waals surface area contributed by atoms with E-state index in [0.717, 1.165) is 13.8 Å². The van der Waals surface area contributed by atoms with Crippen LogP contribution in [0.25, 0.3) is 0 Å². The molecule has 0 saturated heterocycles. The highest BCUT2D eigenvalue weighted by molar-refractivity contribution is 5.98. The van der Waals surface area contributed by atoms with Crippen molar-refractivity contribution >= 4 is 59.2 Å². The third-order valence-electron chi connectivity index (χ3n) is 8.15. The highest BCUT2D eigenvalue weighted by atomic mass is 16.4. The smallest absolute Gasteiger partial charge is 0.328 e. The van der Waals surface area contributed by atoms with Crippen LogP contribution in [0.3, 0.4) is 0 Å². The molecule has 0 aromatic rings. The van der Waals surface area contributed by atoms with Gasteiger partial charge in [0, 0.05) is 12.8 Å². The van der Waals surface area contributed by atoms with Crippen LogP contribution >= 0.6 is 0 Å². The van der Waals surface area contributed by atoms with E-state index in [-0.39, 0.29) is 37.5 Å². The van der Waals surface area contributed by atoms with Gasteiger partial charge in [-0.2, -0.15) is 0 Å². The SMILES string of the molecule is CC(C)C[C@H](NC(=O)[C@@H](NC(=O)[C@H](CC(=O)O)NC(=O)[C@H](CC(C)C)NC(=O)[C@@H](N)CCC(N)=O)[C@@H](C)O)C(=O)N[C@@H](CCC(N)=O)C(=O)N[C@H](C(=O)O)[C@@H](C)O. The maximum atomic E-state index is 13.5. The number of carbonyl (C=O) groups excluding carboxylic acids is 8. The van der Waals surface area contributed by atoms with Crippen molar-refractivity contribution in [1.29, 1.82) is 0 Å². The molecule has 0 radical (unpaired) electrons. The molecule has 0 aromatic heterocycles. The standard InChI is InChI=1S/C34H59N9O14/c1-14(2)11-20(39-28(50)18(35)7-9-23(36)46)31(53)40-22(13-25(48)49)32(54)42-26(16(5)44)33(55)41-21(12-15(3)4)30(52)38-19(8-10-24(37)47)29(51)43-27(17(6)45)34(56)57/h14-22,26-27,44-45H,7-13,35H2,1-6H3,(H2,36,46)(H2,37,47)(H,38,52)(H,39,50)(H,40,53)(H,41,55)(H,42,54)(H,43,51)(H,48,49)(H,56,57)/t16-,17-,18+,19+,20+,21+,22+,26+,27+/m1/s1. The molecule has 0 saturated carbocycles. The number of nitrogens with two attached hydrogens (primary N) is 3. The number of aliphatic hydroxyl groups excluding tert-OH is 2. The largest absolute Gasteiger partial charge is 0.481 e. The van der Waals surface area contributed by atoms with Crippen molar-refractivity contribution in [2.45, 2.75) is 141 Å². The van der Waals surface area contributed by atoms with Crippen molar-refractivity contribution in [3.8, 4) is 0 Å². The van der Waals surface area contributed by atoms with Gasteiger partial charge in [-0.1, -0.05) is 27.7 Å². The summed E-state index contributed by atoms with van der Waals surface area (Å²) in [5.74, 6) is -11.6. The molecule has 0 rings (SSSR count). The van der Waals surface area contributed by atoms with Crippen molar-refractivity contribution in [3.63, 3.8) is 0 Å². The highest BCUT2D eigenvalue weighted by Crippen LogP contribution is 2.11. The Balaban J connectivity index is 6.30. The molecule has 0 fully saturated rings. The van der Waals surface area contributed by atoms with Crippen molar-refractivity contribution < 1.29 is 68.4 Å². The fourth-order valence-electron chi connectivity index (χ4n) is 5.16. The van der Waals surface area contributed by atoms with Gasteiger partial charge in [0.2, 0.25) is 47.3 Å².